The Morgan fingerprint density at radius 3 is 2.68 bits per heavy atom. The summed E-state index contributed by atoms with van der Waals surface area (Å²) in [6.45, 7) is 2.61. The van der Waals surface area contributed by atoms with Gasteiger partial charge in [0.25, 0.3) is 5.91 Å². The summed E-state index contributed by atoms with van der Waals surface area (Å²) in [6.07, 6.45) is 0.468. The number of urea groups is 1. The number of carbonyl (C=O) groups excluding carboxylic acids is 2. The molecule has 31 heavy (non-hydrogen) atoms. The van der Waals surface area contributed by atoms with Gasteiger partial charge in [0, 0.05) is 17.4 Å². The van der Waals surface area contributed by atoms with Crippen molar-refractivity contribution in [1.82, 2.24) is 15.2 Å². The smallest absolute Gasteiger partial charge is 0.325 e. The monoisotopic (exact) mass is 437 g/mol. The SMILES string of the molecule is CCOc1ccc(-c2nc(CN3C(=O)N[C@H](Cc4ccccc4)C3=O)cs2)cc1OC. The van der Waals surface area contributed by atoms with Gasteiger partial charge >= 0.3 is 6.03 Å². The van der Waals surface area contributed by atoms with Crippen molar-refractivity contribution in [2.75, 3.05) is 13.7 Å². The lowest BCUT2D eigenvalue weighted by molar-refractivity contribution is -0.127. The number of imide groups is 1. The topological polar surface area (TPSA) is 80.8 Å². The van der Waals surface area contributed by atoms with Crippen molar-refractivity contribution < 1.29 is 19.1 Å². The fourth-order valence-electron chi connectivity index (χ4n) is 3.46. The lowest BCUT2D eigenvalue weighted by atomic mass is 10.1. The number of nitrogens with zero attached hydrogens (tertiary/aromatic N) is 2. The van der Waals surface area contributed by atoms with Crippen molar-refractivity contribution in [2.45, 2.75) is 25.9 Å². The van der Waals surface area contributed by atoms with Gasteiger partial charge in [0.15, 0.2) is 11.5 Å². The van der Waals surface area contributed by atoms with Crippen molar-refractivity contribution >= 4 is 23.3 Å². The van der Waals surface area contributed by atoms with E-state index in [9.17, 15) is 9.59 Å². The van der Waals surface area contributed by atoms with Crippen LogP contribution in [0.2, 0.25) is 0 Å². The molecule has 0 aliphatic carbocycles. The Labute approximate surface area is 184 Å². The molecule has 2 heterocycles. The summed E-state index contributed by atoms with van der Waals surface area (Å²) in [7, 11) is 1.60. The van der Waals surface area contributed by atoms with Crippen LogP contribution in [0.5, 0.6) is 11.5 Å². The summed E-state index contributed by atoms with van der Waals surface area (Å²) in [5.41, 5.74) is 2.55. The third-order valence-corrected chi connectivity index (χ3v) is 5.91. The van der Waals surface area contributed by atoms with Crippen molar-refractivity contribution in [3.05, 3.63) is 65.2 Å². The normalized spacial score (nSPS) is 15.8. The van der Waals surface area contributed by atoms with E-state index in [1.165, 1.54) is 16.2 Å². The van der Waals surface area contributed by atoms with E-state index in [1.807, 2.05) is 60.8 Å². The Balaban J connectivity index is 1.46. The summed E-state index contributed by atoms with van der Waals surface area (Å²) in [6, 6.07) is 14.3. The number of hydrogen-bond acceptors (Lipinski definition) is 6. The summed E-state index contributed by atoms with van der Waals surface area (Å²) in [5, 5.41) is 5.42. The molecule has 160 valence electrons. The molecule has 3 aromatic rings. The standard InChI is InChI=1S/C23H23N3O4S/c1-3-30-19-10-9-16(12-20(19)29-2)21-24-17(14-31-21)13-26-22(27)18(25-23(26)28)11-15-7-5-4-6-8-15/h4-10,12,14,18H,3,11,13H2,1-2H3,(H,25,28)/t18-/m1/s1. The van der Waals surface area contributed by atoms with Gasteiger partial charge in [-0.15, -0.1) is 11.3 Å². The minimum absolute atomic E-state index is 0.140. The van der Waals surface area contributed by atoms with Gasteiger partial charge in [-0.05, 0) is 30.7 Å². The Kier molecular flexibility index (Phi) is 6.18. The van der Waals surface area contributed by atoms with Crippen LogP contribution < -0.4 is 14.8 Å². The van der Waals surface area contributed by atoms with E-state index in [2.05, 4.69) is 10.3 Å². The van der Waals surface area contributed by atoms with Gasteiger partial charge in [-0.25, -0.2) is 9.78 Å². The minimum atomic E-state index is -0.552. The largest absolute Gasteiger partial charge is 0.493 e. The molecule has 4 rings (SSSR count). The van der Waals surface area contributed by atoms with Crippen molar-refractivity contribution in [3.8, 4) is 22.1 Å². The second-order valence-corrected chi connectivity index (χ2v) is 7.92. The van der Waals surface area contributed by atoms with E-state index in [0.717, 1.165) is 16.1 Å². The number of methoxy groups -OCH3 is 1. The molecule has 1 aromatic heterocycles. The van der Waals surface area contributed by atoms with Crippen LogP contribution in [-0.2, 0) is 17.8 Å². The molecule has 1 aliphatic heterocycles. The van der Waals surface area contributed by atoms with Gasteiger partial charge in [-0.1, -0.05) is 30.3 Å². The molecule has 0 unspecified atom stereocenters. The molecule has 0 radical (unpaired) electrons. The molecule has 8 heteroatoms. The van der Waals surface area contributed by atoms with Crippen LogP contribution in [0.25, 0.3) is 10.6 Å². The maximum Gasteiger partial charge on any atom is 0.325 e. The number of aromatic nitrogens is 1. The third-order valence-electron chi connectivity index (χ3n) is 4.97. The van der Waals surface area contributed by atoms with Crippen LogP contribution in [-0.4, -0.2) is 41.6 Å². The average Bonchev–Trinajstić information content (AvgIpc) is 3.35. The molecule has 1 N–H and O–H groups in total. The average molecular weight is 438 g/mol. The Morgan fingerprint density at radius 2 is 1.94 bits per heavy atom. The predicted molar refractivity (Wildman–Crippen MR) is 118 cm³/mol. The van der Waals surface area contributed by atoms with Crippen LogP contribution in [0.1, 0.15) is 18.2 Å². The van der Waals surface area contributed by atoms with E-state index in [1.54, 1.807) is 7.11 Å². The first kappa shape index (κ1) is 20.9. The van der Waals surface area contributed by atoms with Crippen LogP contribution in [0.15, 0.2) is 53.9 Å². The molecule has 1 atom stereocenters. The Bertz CT molecular complexity index is 1080. The number of nitrogens with one attached hydrogen (secondary N) is 1. The van der Waals surface area contributed by atoms with Gasteiger partial charge in [-0.2, -0.15) is 0 Å². The molecule has 3 amide bonds. The number of thiazole rings is 1. The lowest BCUT2D eigenvalue weighted by Crippen LogP contribution is -2.32. The van der Waals surface area contributed by atoms with E-state index < -0.39 is 6.04 Å². The molecule has 0 spiro atoms. The first-order valence-electron chi connectivity index (χ1n) is 10.0. The molecule has 1 fully saturated rings. The van der Waals surface area contributed by atoms with Crippen molar-refractivity contribution in [3.63, 3.8) is 0 Å². The minimum Gasteiger partial charge on any atom is -0.493 e. The molecule has 0 saturated carbocycles. The predicted octanol–water partition coefficient (Wildman–Crippen LogP) is 3.88. The quantitative estimate of drug-likeness (QED) is 0.541. The lowest BCUT2D eigenvalue weighted by Gasteiger charge is -2.11. The highest BCUT2D eigenvalue weighted by atomic mass is 32.1. The number of hydrogen-bond donors (Lipinski definition) is 1. The second kappa shape index (κ2) is 9.18. The molecule has 1 saturated heterocycles. The Hall–Kier alpha value is -3.39. The van der Waals surface area contributed by atoms with Crippen LogP contribution in [0, 0.1) is 0 Å². The van der Waals surface area contributed by atoms with Crippen molar-refractivity contribution in [1.29, 1.82) is 0 Å². The zero-order valence-electron chi connectivity index (χ0n) is 17.3. The van der Waals surface area contributed by atoms with Gasteiger partial charge in [0.2, 0.25) is 0 Å². The van der Waals surface area contributed by atoms with Crippen LogP contribution in [0.4, 0.5) is 4.79 Å². The summed E-state index contributed by atoms with van der Waals surface area (Å²) in [5.74, 6) is 1.08. The fraction of sp³-hybridized carbons (Fsp3) is 0.261. The highest BCUT2D eigenvalue weighted by molar-refractivity contribution is 7.13. The summed E-state index contributed by atoms with van der Waals surface area (Å²) in [4.78, 5) is 31.0. The van der Waals surface area contributed by atoms with Crippen molar-refractivity contribution in [2.24, 2.45) is 0 Å². The van der Waals surface area contributed by atoms with E-state index >= 15 is 0 Å². The number of carbonyl (C=O) groups is 2. The highest BCUT2D eigenvalue weighted by Crippen LogP contribution is 2.34. The molecular weight excluding hydrogens is 414 g/mol. The fourth-order valence-corrected chi connectivity index (χ4v) is 4.27. The number of benzene rings is 2. The van der Waals surface area contributed by atoms with Gasteiger partial charge in [0.05, 0.1) is 26.0 Å². The molecule has 1 aliphatic rings. The van der Waals surface area contributed by atoms with Gasteiger partial charge in [0.1, 0.15) is 11.0 Å². The number of ether oxygens (including phenoxy) is 2. The second-order valence-electron chi connectivity index (χ2n) is 7.06. The first-order valence-corrected chi connectivity index (χ1v) is 10.9. The Morgan fingerprint density at radius 1 is 1.13 bits per heavy atom. The van der Waals surface area contributed by atoms with E-state index in [0.29, 0.717) is 30.2 Å². The molecule has 2 aromatic carbocycles. The van der Waals surface area contributed by atoms with Gasteiger partial charge in [-0.3, -0.25) is 9.69 Å². The zero-order valence-corrected chi connectivity index (χ0v) is 18.1. The van der Waals surface area contributed by atoms with Crippen LogP contribution >= 0.6 is 11.3 Å². The third kappa shape index (κ3) is 4.54. The van der Waals surface area contributed by atoms with E-state index in [-0.39, 0.29) is 18.5 Å². The maximum atomic E-state index is 12.8. The molecule has 7 nitrogen and oxygen atoms in total. The first-order chi connectivity index (χ1) is 15.1. The summed E-state index contributed by atoms with van der Waals surface area (Å²) < 4.78 is 11.0. The zero-order chi connectivity index (χ0) is 21.8. The van der Waals surface area contributed by atoms with Gasteiger partial charge < -0.3 is 14.8 Å². The summed E-state index contributed by atoms with van der Waals surface area (Å²) >= 11 is 1.45. The highest BCUT2D eigenvalue weighted by Gasteiger charge is 2.38. The van der Waals surface area contributed by atoms with E-state index in [4.69, 9.17) is 9.47 Å². The molecular formula is C23H23N3O4S. The number of amides is 3. The maximum absolute atomic E-state index is 12.8. The number of rotatable bonds is 8. The van der Waals surface area contributed by atoms with Crippen LogP contribution in [0.3, 0.4) is 0 Å². The molecule has 0 bridgehead atoms.